The van der Waals surface area contributed by atoms with Crippen LogP contribution in [0.1, 0.15) is 64.7 Å². The molecule has 0 aromatic rings. The number of likely N-dealkylation sites (tertiary alicyclic amines) is 1. The van der Waals surface area contributed by atoms with Crippen LogP contribution >= 0.6 is 0 Å². The first-order chi connectivity index (χ1) is 9.24. The Morgan fingerprint density at radius 2 is 1.79 bits per heavy atom. The SMILES string of the molecule is CC1CCC(N)C(CN2CCCC3CCCCC32)C1. The lowest BCUT2D eigenvalue weighted by Crippen LogP contribution is -2.51. The van der Waals surface area contributed by atoms with Gasteiger partial charge in [-0.3, -0.25) is 4.90 Å². The minimum atomic E-state index is 0.472. The highest BCUT2D eigenvalue weighted by atomic mass is 15.2. The molecule has 1 aliphatic heterocycles. The van der Waals surface area contributed by atoms with Gasteiger partial charge in [-0.15, -0.1) is 0 Å². The van der Waals surface area contributed by atoms with Gasteiger partial charge >= 0.3 is 0 Å². The molecule has 3 aliphatic rings. The van der Waals surface area contributed by atoms with Crippen molar-refractivity contribution in [1.82, 2.24) is 4.90 Å². The van der Waals surface area contributed by atoms with Crippen LogP contribution in [0.25, 0.3) is 0 Å². The molecule has 3 rings (SSSR count). The van der Waals surface area contributed by atoms with Crippen LogP contribution in [0.4, 0.5) is 0 Å². The number of nitrogens with two attached hydrogens (primary N) is 1. The number of fused-ring (bicyclic) bond motifs is 1. The van der Waals surface area contributed by atoms with Gasteiger partial charge in [0.1, 0.15) is 0 Å². The minimum absolute atomic E-state index is 0.472. The second kappa shape index (κ2) is 6.13. The third-order valence-electron chi connectivity index (χ3n) is 6.13. The average molecular weight is 264 g/mol. The maximum atomic E-state index is 6.40. The molecular formula is C17H32N2. The molecule has 0 aromatic heterocycles. The number of piperidine rings is 1. The van der Waals surface area contributed by atoms with Crippen molar-refractivity contribution in [3.05, 3.63) is 0 Å². The molecule has 5 atom stereocenters. The summed E-state index contributed by atoms with van der Waals surface area (Å²) in [5, 5.41) is 0. The van der Waals surface area contributed by atoms with Crippen LogP contribution in [-0.2, 0) is 0 Å². The van der Waals surface area contributed by atoms with Crippen molar-refractivity contribution in [2.24, 2.45) is 23.5 Å². The molecule has 1 saturated heterocycles. The molecule has 1 heterocycles. The zero-order valence-corrected chi connectivity index (χ0v) is 12.7. The Bertz CT molecular complexity index is 289. The summed E-state index contributed by atoms with van der Waals surface area (Å²) >= 11 is 0. The van der Waals surface area contributed by atoms with Gasteiger partial charge in [0.25, 0.3) is 0 Å². The summed E-state index contributed by atoms with van der Waals surface area (Å²) < 4.78 is 0. The summed E-state index contributed by atoms with van der Waals surface area (Å²) in [5.41, 5.74) is 6.40. The van der Waals surface area contributed by atoms with E-state index in [9.17, 15) is 0 Å². The standard InChI is InChI=1S/C17H32N2/c1-13-8-9-16(18)15(11-13)12-19-10-4-6-14-5-2-3-7-17(14)19/h13-17H,2-12,18H2,1H3. The zero-order chi connectivity index (χ0) is 13.2. The van der Waals surface area contributed by atoms with Crippen LogP contribution < -0.4 is 5.73 Å². The molecule has 110 valence electrons. The highest BCUT2D eigenvalue weighted by Gasteiger charge is 2.36. The Morgan fingerprint density at radius 1 is 1.00 bits per heavy atom. The number of hydrogen-bond acceptors (Lipinski definition) is 2. The first-order valence-electron chi connectivity index (χ1n) is 8.73. The molecule has 0 bridgehead atoms. The van der Waals surface area contributed by atoms with E-state index in [0.717, 1.165) is 23.8 Å². The molecule has 2 nitrogen and oxygen atoms in total. The first kappa shape index (κ1) is 13.9. The zero-order valence-electron chi connectivity index (χ0n) is 12.7. The van der Waals surface area contributed by atoms with Crippen molar-refractivity contribution in [1.29, 1.82) is 0 Å². The van der Waals surface area contributed by atoms with Crippen molar-refractivity contribution >= 4 is 0 Å². The molecule has 2 aliphatic carbocycles. The van der Waals surface area contributed by atoms with Crippen molar-refractivity contribution in [3.63, 3.8) is 0 Å². The van der Waals surface area contributed by atoms with Crippen LogP contribution in [-0.4, -0.2) is 30.1 Å². The molecule has 19 heavy (non-hydrogen) atoms. The molecular weight excluding hydrogens is 232 g/mol. The number of hydrogen-bond donors (Lipinski definition) is 1. The average Bonchev–Trinajstić information content (AvgIpc) is 2.43. The Labute approximate surface area is 119 Å². The summed E-state index contributed by atoms with van der Waals surface area (Å²) in [6, 6.07) is 1.38. The van der Waals surface area contributed by atoms with Crippen molar-refractivity contribution in [2.75, 3.05) is 13.1 Å². The summed E-state index contributed by atoms with van der Waals surface area (Å²) in [5.74, 6) is 2.68. The summed E-state index contributed by atoms with van der Waals surface area (Å²) in [4.78, 5) is 2.84. The van der Waals surface area contributed by atoms with E-state index < -0.39 is 0 Å². The lowest BCUT2D eigenvalue weighted by molar-refractivity contribution is 0.0358. The molecule has 0 aromatic carbocycles. The molecule has 2 N–H and O–H groups in total. The molecule has 3 fully saturated rings. The monoisotopic (exact) mass is 264 g/mol. The van der Waals surface area contributed by atoms with Crippen molar-refractivity contribution in [2.45, 2.75) is 76.8 Å². The van der Waals surface area contributed by atoms with E-state index in [0.29, 0.717) is 6.04 Å². The van der Waals surface area contributed by atoms with E-state index in [2.05, 4.69) is 11.8 Å². The van der Waals surface area contributed by atoms with Gasteiger partial charge in [0, 0.05) is 18.6 Å². The Morgan fingerprint density at radius 3 is 2.68 bits per heavy atom. The number of nitrogens with zero attached hydrogens (tertiary/aromatic N) is 1. The summed E-state index contributed by atoms with van der Waals surface area (Å²) in [7, 11) is 0. The topological polar surface area (TPSA) is 29.3 Å². The molecule has 5 unspecified atom stereocenters. The van der Waals surface area contributed by atoms with E-state index in [4.69, 9.17) is 5.73 Å². The Kier molecular flexibility index (Phi) is 4.48. The normalized spacial score (nSPS) is 44.8. The highest BCUT2D eigenvalue weighted by molar-refractivity contribution is 4.91. The fraction of sp³-hybridized carbons (Fsp3) is 1.00. The maximum absolute atomic E-state index is 6.40. The third kappa shape index (κ3) is 3.16. The van der Waals surface area contributed by atoms with Gasteiger partial charge in [-0.2, -0.15) is 0 Å². The minimum Gasteiger partial charge on any atom is -0.327 e. The van der Waals surface area contributed by atoms with Gasteiger partial charge in [-0.25, -0.2) is 0 Å². The van der Waals surface area contributed by atoms with E-state index in [1.807, 2.05) is 0 Å². The maximum Gasteiger partial charge on any atom is 0.0124 e. The Hall–Kier alpha value is -0.0800. The van der Waals surface area contributed by atoms with Gasteiger partial charge in [-0.05, 0) is 69.2 Å². The molecule has 0 amide bonds. The van der Waals surface area contributed by atoms with Gasteiger partial charge in [0.15, 0.2) is 0 Å². The number of rotatable bonds is 2. The van der Waals surface area contributed by atoms with Crippen LogP contribution in [0.2, 0.25) is 0 Å². The molecule has 2 saturated carbocycles. The van der Waals surface area contributed by atoms with E-state index in [1.165, 1.54) is 70.9 Å². The van der Waals surface area contributed by atoms with Gasteiger partial charge in [-0.1, -0.05) is 19.8 Å². The van der Waals surface area contributed by atoms with Crippen molar-refractivity contribution in [3.8, 4) is 0 Å². The van der Waals surface area contributed by atoms with Crippen LogP contribution in [0.3, 0.4) is 0 Å². The van der Waals surface area contributed by atoms with Crippen LogP contribution in [0.15, 0.2) is 0 Å². The third-order valence-corrected chi connectivity index (χ3v) is 6.13. The molecule has 0 spiro atoms. The predicted molar refractivity (Wildman–Crippen MR) is 81.0 cm³/mol. The quantitative estimate of drug-likeness (QED) is 0.828. The molecule has 0 radical (unpaired) electrons. The van der Waals surface area contributed by atoms with Gasteiger partial charge in [0.05, 0.1) is 0 Å². The molecule has 2 heteroatoms. The smallest absolute Gasteiger partial charge is 0.0124 e. The van der Waals surface area contributed by atoms with E-state index in [-0.39, 0.29) is 0 Å². The van der Waals surface area contributed by atoms with E-state index in [1.54, 1.807) is 0 Å². The van der Waals surface area contributed by atoms with Gasteiger partial charge in [0.2, 0.25) is 0 Å². The lowest BCUT2D eigenvalue weighted by atomic mass is 9.75. The Balaban J connectivity index is 1.61. The largest absolute Gasteiger partial charge is 0.327 e. The highest BCUT2D eigenvalue weighted by Crippen LogP contribution is 2.37. The lowest BCUT2D eigenvalue weighted by Gasteiger charge is -2.47. The van der Waals surface area contributed by atoms with Crippen LogP contribution in [0, 0.1) is 17.8 Å². The second-order valence-corrected chi connectivity index (χ2v) is 7.59. The summed E-state index contributed by atoms with van der Waals surface area (Å²) in [6.07, 6.45) is 12.8. The predicted octanol–water partition coefficient (Wildman–Crippen LogP) is 3.40. The summed E-state index contributed by atoms with van der Waals surface area (Å²) in [6.45, 7) is 5.06. The fourth-order valence-corrected chi connectivity index (χ4v) is 4.99. The second-order valence-electron chi connectivity index (χ2n) is 7.59. The van der Waals surface area contributed by atoms with E-state index >= 15 is 0 Å². The van der Waals surface area contributed by atoms with Crippen molar-refractivity contribution < 1.29 is 0 Å². The first-order valence-corrected chi connectivity index (χ1v) is 8.73. The van der Waals surface area contributed by atoms with Crippen LogP contribution in [0.5, 0.6) is 0 Å². The van der Waals surface area contributed by atoms with Gasteiger partial charge < -0.3 is 5.73 Å². The fourth-order valence-electron chi connectivity index (χ4n) is 4.99.